The normalized spacial score (nSPS) is 13.3. The first-order valence-corrected chi connectivity index (χ1v) is 21.5. The molecule has 0 atom stereocenters. The lowest BCUT2D eigenvalue weighted by Crippen LogP contribution is -2.31. The number of hydrogen-bond acceptors (Lipinski definition) is 3. The van der Waals surface area contributed by atoms with Gasteiger partial charge in [-0.1, -0.05) is 145 Å². The first-order chi connectivity index (χ1) is 30.2. The van der Waals surface area contributed by atoms with Crippen LogP contribution in [-0.4, -0.2) is 9.55 Å². The third-order valence-corrected chi connectivity index (χ3v) is 14.2. The zero-order valence-corrected chi connectivity index (χ0v) is 33.6. The SMILES string of the molecule is N#Cc1ccc2c(c1)c1ccccc1n2-c1ccc(-c2ccc3c(c2)nc(-c2ccccc2)c2cc4c(cc23)C2(c3ccccc3Sc3ccccc32)c2ccccc2-4)cc1. The molecule has 1 aliphatic carbocycles. The summed E-state index contributed by atoms with van der Waals surface area (Å²) in [5.41, 5.74) is 16.6. The molecular weight excluding hydrogens is 759 g/mol. The van der Waals surface area contributed by atoms with Crippen molar-refractivity contribution in [2.45, 2.75) is 15.2 Å². The van der Waals surface area contributed by atoms with Crippen molar-refractivity contribution in [2.75, 3.05) is 0 Å². The maximum Gasteiger partial charge on any atom is 0.0991 e. The summed E-state index contributed by atoms with van der Waals surface area (Å²) in [4.78, 5) is 8.13. The average molecular weight is 792 g/mol. The predicted octanol–water partition coefficient (Wildman–Crippen LogP) is 14.5. The van der Waals surface area contributed by atoms with E-state index in [0.29, 0.717) is 5.56 Å². The summed E-state index contributed by atoms with van der Waals surface area (Å²) in [6.07, 6.45) is 0. The Kier molecular flexibility index (Phi) is 7.22. The smallest absolute Gasteiger partial charge is 0.0991 e. The number of fused-ring (bicyclic) bond motifs is 15. The summed E-state index contributed by atoms with van der Waals surface area (Å²) >= 11 is 1.88. The molecule has 3 nitrogen and oxygen atoms in total. The van der Waals surface area contributed by atoms with E-state index in [-0.39, 0.29) is 0 Å². The highest BCUT2D eigenvalue weighted by atomic mass is 32.2. The summed E-state index contributed by atoms with van der Waals surface area (Å²) in [5, 5.41) is 15.4. The Bertz CT molecular complexity index is 3640. The molecule has 0 radical (unpaired) electrons. The van der Waals surface area contributed by atoms with Crippen LogP contribution in [0.2, 0.25) is 0 Å². The molecule has 0 fully saturated rings. The van der Waals surface area contributed by atoms with Gasteiger partial charge in [-0.05, 0) is 117 Å². The van der Waals surface area contributed by atoms with Crippen molar-refractivity contribution in [2.24, 2.45) is 0 Å². The van der Waals surface area contributed by atoms with E-state index in [9.17, 15) is 5.26 Å². The average Bonchev–Trinajstić information content (AvgIpc) is 3.80. The number of aromatic nitrogens is 2. The standard InChI is InChI=1S/C57H33N3S/c58-34-35-22-29-53-45(30-35)42-15-5-9-19-52(42)60(53)39-26-23-36(24-27-39)38-25-28-41-43-33-50-44(32-46(43)56(59-51(41)31-38)37-12-2-1-3-13-37)40-14-4-6-16-47(40)57(50)48-17-7-10-20-54(48)61-55-21-11-8-18-49(55)57/h1-33H. The quantitative estimate of drug-likeness (QED) is 0.167. The second kappa shape index (κ2) is 12.9. The highest BCUT2D eigenvalue weighted by Gasteiger charge is 2.50. The summed E-state index contributed by atoms with van der Waals surface area (Å²) in [6.45, 7) is 0. The van der Waals surface area contributed by atoms with Crippen molar-refractivity contribution in [3.63, 3.8) is 0 Å². The van der Waals surface area contributed by atoms with Gasteiger partial charge in [0.2, 0.25) is 0 Å². The molecule has 282 valence electrons. The molecule has 0 saturated heterocycles. The fourth-order valence-corrected chi connectivity index (χ4v) is 11.7. The van der Waals surface area contributed by atoms with Gasteiger partial charge in [-0.15, -0.1) is 0 Å². The number of para-hydroxylation sites is 1. The minimum absolute atomic E-state index is 0.461. The van der Waals surface area contributed by atoms with Gasteiger partial charge in [0.05, 0.1) is 39.3 Å². The monoisotopic (exact) mass is 791 g/mol. The summed E-state index contributed by atoms with van der Waals surface area (Å²) in [5.74, 6) is 0. The Morgan fingerprint density at radius 1 is 0.443 bits per heavy atom. The van der Waals surface area contributed by atoms with E-state index in [1.54, 1.807) is 0 Å². The fourth-order valence-electron chi connectivity index (χ4n) is 10.5. The summed E-state index contributed by atoms with van der Waals surface area (Å²) < 4.78 is 2.29. The van der Waals surface area contributed by atoms with Gasteiger partial charge in [0.1, 0.15) is 0 Å². The Morgan fingerprint density at radius 2 is 1.11 bits per heavy atom. The minimum atomic E-state index is -0.461. The van der Waals surface area contributed by atoms with Gasteiger partial charge in [-0.25, -0.2) is 4.98 Å². The van der Waals surface area contributed by atoms with Gasteiger partial charge >= 0.3 is 0 Å². The first-order valence-electron chi connectivity index (χ1n) is 20.7. The molecule has 11 aromatic rings. The van der Waals surface area contributed by atoms with Crippen molar-refractivity contribution < 1.29 is 0 Å². The molecule has 3 heterocycles. The topological polar surface area (TPSA) is 41.6 Å². The largest absolute Gasteiger partial charge is 0.309 e. The number of benzene rings is 9. The minimum Gasteiger partial charge on any atom is -0.309 e. The molecule has 61 heavy (non-hydrogen) atoms. The van der Waals surface area contributed by atoms with Crippen LogP contribution in [0.4, 0.5) is 0 Å². The highest BCUT2D eigenvalue weighted by molar-refractivity contribution is 7.99. The maximum atomic E-state index is 9.65. The Balaban J connectivity index is 1.03. The van der Waals surface area contributed by atoms with Crippen molar-refractivity contribution in [1.82, 2.24) is 9.55 Å². The lowest BCUT2D eigenvalue weighted by molar-refractivity contribution is 0.723. The van der Waals surface area contributed by atoms with Crippen molar-refractivity contribution in [3.05, 3.63) is 228 Å². The molecular formula is C57H33N3S. The van der Waals surface area contributed by atoms with Crippen LogP contribution in [0.25, 0.3) is 82.7 Å². The molecule has 1 spiro atoms. The molecule has 0 N–H and O–H groups in total. The summed E-state index contributed by atoms with van der Waals surface area (Å²) in [7, 11) is 0. The molecule has 0 bridgehead atoms. The molecule has 0 amide bonds. The number of hydrogen-bond donors (Lipinski definition) is 0. The molecule has 1 aliphatic heterocycles. The van der Waals surface area contributed by atoms with Crippen LogP contribution < -0.4 is 0 Å². The summed E-state index contributed by atoms with van der Waals surface area (Å²) in [6, 6.07) is 74.9. The first kappa shape index (κ1) is 34.2. The zero-order chi connectivity index (χ0) is 40.2. The van der Waals surface area contributed by atoms with Gasteiger partial charge in [0.25, 0.3) is 0 Å². The molecule has 9 aromatic carbocycles. The second-order valence-electron chi connectivity index (χ2n) is 16.1. The van der Waals surface area contributed by atoms with Crippen LogP contribution in [0.15, 0.2) is 210 Å². The molecule has 0 unspecified atom stereocenters. The number of pyridine rings is 1. The van der Waals surface area contributed by atoms with Gasteiger partial charge in [0.15, 0.2) is 0 Å². The predicted molar refractivity (Wildman–Crippen MR) is 251 cm³/mol. The Labute approximate surface area is 356 Å². The number of rotatable bonds is 3. The second-order valence-corrected chi connectivity index (χ2v) is 17.2. The van der Waals surface area contributed by atoms with Crippen molar-refractivity contribution in [3.8, 4) is 45.3 Å². The molecule has 0 saturated carbocycles. The van der Waals surface area contributed by atoms with E-state index < -0.39 is 5.41 Å². The molecule has 2 aromatic heterocycles. The van der Waals surface area contributed by atoms with Crippen LogP contribution >= 0.6 is 11.8 Å². The van der Waals surface area contributed by atoms with E-state index in [2.05, 4.69) is 199 Å². The Morgan fingerprint density at radius 3 is 1.90 bits per heavy atom. The van der Waals surface area contributed by atoms with E-state index in [4.69, 9.17) is 4.98 Å². The highest BCUT2D eigenvalue weighted by Crippen LogP contribution is 2.63. The van der Waals surface area contributed by atoms with Crippen molar-refractivity contribution in [1.29, 1.82) is 5.26 Å². The zero-order valence-electron chi connectivity index (χ0n) is 32.8. The van der Waals surface area contributed by atoms with Gasteiger partial charge < -0.3 is 4.57 Å². The molecule has 13 rings (SSSR count). The third kappa shape index (κ3) is 4.78. The lowest BCUT2D eigenvalue weighted by Gasteiger charge is -2.39. The molecule has 2 aliphatic rings. The van der Waals surface area contributed by atoms with Crippen molar-refractivity contribution >= 4 is 55.2 Å². The maximum absolute atomic E-state index is 9.65. The fraction of sp³-hybridized carbons (Fsp3) is 0.0175. The van der Waals surface area contributed by atoms with Crippen LogP contribution in [-0.2, 0) is 5.41 Å². The van der Waals surface area contributed by atoms with Crippen LogP contribution in [0.5, 0.6) is 0 Å². The third-order valence-electron chi connectivity index (χ3n) is 13.1. The van der Waals surface area contributed by atoms with Crippen LogP contribution in [0.1, 0.15) is 27.8 Å². The number of nitrogens with zero attached hydrogens (tertiary/aromatic N) is 3. The van der Waals surface area contributed by atoms with E-state index in [0.717, 1.165) is 66.2 Å². The van der Waals surface area contributed by atoms with Gasteiger partial charge in [-0.2, -0.15) is 5.26 Å². The van der Waals surface area contributed by atoms with E-state index in [1.807, 2.05) is 23.9 Å². The Hall–Kier alpha value is -7.71. The lowest BCUT2D eigenvalue weighted by atomic mass is 9.67. The van der Waals surface area contributed by atoms with Crippen LogP contribution in [0, 0.1) is 11.3 Å². The van der Waals surface area contributed by atoms with E-state index in [1.165, 1.54) is 48.6 Å². The number of nitriles is 1. The van der Waals surface area contributed by atoms with Gasteiger partial charge in [0, 0.05) is 42.6 Å². The van der Waals surface area contributed by atoms with Crippen LogP contribution in [0.3, 0.4) is 0 Å². The molecule has 4 heteroatoms. The van der Waals surface area contributed by atoms with Gasteiger partial charge in [-0.3, -0.25) is 0 Å². The van der Waals surface area contributed by atoms with E-state index >= 15 is 0 Å².